The van der Waals surface area contributed by atoms with Gasteiger partial charge in [0.1, 0.15) is 0 Å². The molecule has 1 rings (SSSR count). The first-order chi connectivity index (χ1) is 8.76. The highest BCUT2D eigenvalue weighted by molar-refractivity contribution is 7.99. The first-order valence-electron chi connectivity index (χ1n) is 6.28. The summed E-state index contributed by atoms with van der Waals surface area (Å²) < 4.78 is 0. The van der Waals surface area contributed by atoms with Crippen molar-refractivity contribution in [3.8, 4) is 0 Å². The molecule has 0 aliphatic heterocycles. The van der Waals surface area contributed by atoms with E-state index in [-0.39, 0.29) is 18.6 Å². The van der Waals surface area contributed by atoms with Gasteiger partial charge in [-0.3, -0.25) is 4.79 Å². The summed E-state index contributed by atoms with van der Waals surface area (Å²) in [6, 6.07) is 10.2. The van der Waals surface area contributed by atoms with Crippen molar-refractivity contribution in [3.05, 3.63) is 35.9 Å². The molecule has 100 valence electrons. The molecule has 0 spiro atoms. The minimum Gasteiger partial charge on any atom is -0.396 e. The van der Waals surface area contributed by atoms with Crippen LogP contribution in [0, 0.1) is 0 Å². The summed E-state index contributed by atoms with van der Waals surface area (Å²) in [5, 5.41) is 11.8. The van der Waals surface area contributed by atoms with Crippen molar-refractivity contribution < 1.29 is 9.90 Å². The number of thioether (sulfide) groups is 1. The van der Waals surface area contributed by atoms with Gasteiger partial charge in [-0.2, -0.15) is 0 Å². The number of aliphatic hydroxyl groups is 1. The van der Waals surface area contributed by atoms with Gasteiger partial charge in [0, 0.05) is 18.4 Å². The summed E-state index contributed by atoms with van der Waals surface area (Å²) in [6.07, 6.45) is 1.49. The number of benzene rings is 1. The molecule has 0 aromatic heterocycles. The van der Waals surface area contributed by atoms with Gasteiger partial charge in [0.05, 0.1) is 5.75 Å². The number of nitrogens with one attached hydrogen (secondary N) is 1. The highest BCUT2D eigenvalue weighted by Gasteiger charge is 2.09. The van der Waals surface area contributed by atoms with Gasteiger partial charge in [0.25, 0.3) is 0 Å². The number of amides is 1. The third-order valence-electron chi connectivity index (χ3n) is 2.68. The Hall–Kier alpha value is -1.00. The van der Waals surface area contributed by atoms with Crippen LogP contribution in [0.1, 0.15) is 25.3 Å². The second-order valence-corrected chi connectivity index (χ2v) is 5.15. The van der Waals surface area contributed by atoms with Gasteiger partial charge in [-0.1, -0.05) is 37.3 Å². The summed E-state index contributed by atoms with van der Waals surface area (Å²) in [5.41, 5.74) is 1.23. The second kappa shape index (κ2) is 9.00. The van der Waals surface area contributed by atoms with Crippen molar-refractivity contribution >= 4 is 17.7 Å². The maximum atomic E-state index is 11.7. The van der Waals surface area contributed by atoms with Crippen LogP contribution in [0.3, 0.4) is 0 Å². The summed E-state index contributed by atoms with van der Waals surface area (Å²) in [6.45, 7) is 2.13. The lowest BCUT2D eigenvalue weighted by Crippen LogP contribution is -2.36. The molecule has 18 heavy (non-hydrogen) atoms. The van der Waals surface area contributed by atoms with Crippen LogP contribution in [-0.2, 0) is 10.5 Å². The summed E-state index contributed by atoms with van der Waals surface area (Å²) >= 11 is 1.61. The Morgan fingerprint density at radius 3 is 2.72 bits per heavy atom. The van der Waals surface area contributed by atoms with Gasteiger partial charge < -0.3 is 10.4 Å². The molecule has 1 atom stereocenters. The fourth-order valence-electron chi connectivity index (χ4n) is 1.64. The number of rotatable bonds is 8. The van der Waals surface area contributed by atoms with Crippen molar-refractivity contribution in [2.24, 2.45) is 0 Å². The molecular formula is C14H21NO2S. The first kappa shape index (κ1) is 15.1. The van der Waals surface area contributed by atoms with Crippen LogP contribution >= 0.6 is 11.8 Å². The predicted molar refractivity (Wildman–Crippen MR) is 76.5 cm³/mol. The zero-order chi connectivity index (χ0) is 13.2. The standard InChI is InChI=1S/C14H21NO2S/c1-2-13(8-9-16)15-14(17)11-18-10-12-6-4-3-5-7-12/h3-7,13,16H,2,8-11H2,1H3,(H,15,17). The molecule has 1 amide bonds. The van der Waals surface area contributed by atoms with Gasteiger partial charge in [-0.15, -0.1) is 11.8 Å². The molecular weight excluding hydrogens is 246 g/mol. The van der Waals surface area contributed by atoms with Crippen LogP contribution < -0.4 is 5.32 Å². The summed E-state index contributed by atoms with van der Waals surface area (Å²) in [4.78, 5) is 11.7. The SMILES string of the molecule is CCC(CCO)NC(=O)CSCc1ccccc1. The van der Waals surface area contributed by atoms with E-state index >= 15 is 0 Å². The van der Waals surface area contributed by atoms with Crippen LogP contribution in [0.2, 0.25) is 0 Å². The van der Waals surface area contributed by atoms with E-state index in [2.05, 4.69) is 17.4 Å². The number of carbonyl (C=O) groups is 1. The topological polar surface area (TPSA) is 49.3 Å². The zero-order valence-corrected chi connectivity index (χ0v) is 11.6. The number of aliphatic hydroxyl groups excluding tert-OH is 1. The fraction of sp³-hybridized carbons (Fsp3) is 0.500. The highest BCUT2D eigenvalue weighted by Crippen LogP contribution is 2.11. The molecule has 0 bridgehead atoms. The maximum Gasteiger partial charge on any atom is 0.230 e. The fourth-order valence-corrected chi connectivity index (χ4v) is 2.44. The first-order valence-corrected chi connectivity index (χ1v) is 7.43. The number of hydrogen-bond acceptors (Lipinski definition) is 3. The largest absolute Gasteiger partial charge is 0.396 e. The van der Waals surface area contributed by atoms with Crippen molar-refractivity contribution in [1.82, 2.24) is 5.32 Å². The lowest BCUT2D eigenvalue weighted by molar-refractivity contribution is -0.119. The van der Waals surface area contributed by atoms with Crippen LogP contribution in [0.25, 0.3) is 0 Å². The molecule has 0 heterocycles. The van der Waals surface area contributed by atoms with Gasteiger partial charge >= 0.3 is 0 Å². The molecule has 0 aliphatic carbocycles. The molecule has 4 heteroatoms. The molecule has 0 aliphatic rings. The monoisotopic (exact) mass is 267 g/mol. The normalized spacial score (nSPS) is 12.1. The third kappa shape index (κ3) is 6.07. The zero-order valence-electron chi connectivity index (χ0n) is 10.8. The van der Waals surface area contributed by atoms with Crippen LogP contribution in [0.15, 0.2) is 30.3 Å². The average molecular weight is 267 g/mol. The van der Waals surface area contributed by atoms with Gasteiger partial charge in [-0.05, 0) is 18.4 Å². The molecule has 1 aromatic rings. The Morgan fingerprint density at radius 2 is 2.11 bits per heavy atom. The van der Waals surface area contributed by atoms with Crippen LogP contribution in [-0.4, -0.2) is 29.4 Å². The molecule has 1 aromatic carbocycles. The van der Waals surface area contributed by atoms with Crippen LogP contribution in [0.5, 0.6) is 0 Å². The van der Waals surface area contributed by atoms with Crippen molar-refractivity contribution in [3.63, 3.8) is 0 Å². The predicted octanol–water partition coefficient (Wildman–Crippen LogP) is 2.20. The Kier molecular flexibility index (Phi) is 7.53. The van der Waals surface area contributed by atoms with Gasteiger partial charge in [0.2, 0.25) is 5.91 Å². The van der Waals surface area contributed by atoms with Crippen molar-refractivity contribution in [2.75, 3.05) is 12.4 Å². The minimum atomic E-state index is 0.0521. The molecule has 1 unspecified atom stereocenters. The van der Waals surface area contributed by atoms with E-state index in [4.69, 9.17) is 5.11 Å². The molecule has 0 radical (unpaired) electrons. The maximum absolute atomic E-state index is 11.7. The van der Waals surface area contributed by atoms with Crippen LogP contribution in [0.4, 0.5) is 0 Å². The van der Waals surface area contributed by atoms with Crippen molar-refractivity contribution in [2.45, 2.75) is 31.6 Å². The highest BCUT2D eigenvalue weighted by atomic mass is 32.2. The van der Waals surface area contributed by atoms with E-state index < -0.39 is 0 Å². The smallest absolute Gasteiger partial charge is 0.230 e. The van der Waals surface area contributed by atoms with Gasteiger partial charge in [-0.25, -0.2) is 0 Å². The lowest BCUT2D eigenvalue weighted by Gasteiger charge is -2.15. The lowest BCUT2D eigenvalue weighted by atomic mass is 10.1. The van der Waals surface area contributed by atoms with E-state index in [0.29, 0.717) is 12.2 Å². The molecule has 0 saturated carbocycles. The van der Waals surface area contributed by atoms with E-state index in [1.165, 1.54) is 5.56 Å². The Balaban J connectivity index is 2.20. The third-order valence-corrected chi connectivity index (χ3v) is 3.68. The quantitative estimate of drug-likeness (QED) is 0.759. The molecule has 0 saturated heterocycles. The Labute approximate surface area is 113 Å². The summed E-state index contributed by atoms with van der Waals surface area (Å²) in [7, 11) is 0. The van der Waals surface area contributed by atoms with E-state index in [0.717, 1.165) is 12.2 Å². The second-order valence-electron chi connectivity index (χ2n) is 4.16. The Morgan fingerprint density at radius 1 is 1.39 bits per heavy atom. The van der Waals surface area contributed by atoms with E-state index in [9.17, 15) is 4.79 Å². The molecule has 2 N–H and O–H groups in total. The summed E-state index contributed by atoms with van der Waals surface area (Å²) in [5.74, 6) is 1.37. The van der Waals surface area contributed by atoms with Crippen molar-refractivity contribution in [1.29, 1.82) is 0 Å². The average Bonchev–Trinajstić information content (AvgIpc) is 2.39. The van der Waals surface area contributed by atoms with Gasteiger partial charge in [0.15, 0.2) is 0 Å². The minimum absolute atomic E-state index is 0.0521. The number of hydrogen-bond donors (Lipinski definition) is 2. The van der Waals surface area contributed by atoms with E-state index in [1.54, 1.807) is 11.8 Å². The molecule has 0 fully saturated rings. The molecule has 3 nitrogen and oxygen atoms in total. The number of carbonyl (C=O) groups excluding carboxylic acids is 1. The van der Waals surface area contributed by atoms with E-state index in [1.807, 2.05) is 25.1 Å². The Bertz CT molecular complexity index is 343.